The number of carbonyl (C=O) groups excluding carboxylic acids is 3. The summed E-state index contributed by atoms with van der Waals surface area (Å²) >= 11 is 0. The number of benzene rings is 2. The molecule has 0 aliphatic carbocycles. The fourth-order valence-corrected chi connectivity index (χ4v) is 1.84. The van der Waals surface area contributed by atoms with Gasteiger partial charge in [-0.15, -0.1) is 0 Å². The molecular weight excluding hydrogens is 254 g/mol. The zero-order chi connectivity index (χ0) is 14.4. The Kier molecular flexibility index (Phi) is 4.39. The maximum atomic E-state index is 11.9. The second-order valence-corrected chi connectivity index (χ2v) is 4.25. The molecule has 2 amide bonds. The summed E-state index contributed by atoms with van der Waals surface area (Å²) in [5, 5.41) is 0. The van der Waals surface area contributed by atoms with Crippen LogP contribution in [-0.4, -0.2) is 30.0 Å². The number of amides is 2. The van der Waals surface area contributed by atoms with Gasteiger partial charge in [-0.05, 0) is 11.1 Å². The average molecular weight is 267 g/mol. The van der Waals surface area contributed by atoms with Crippen molar-refractivity contribution in [1.29, 1.82) is 0 Å². The van der Waals surface area contributed by atoms with Gasteiger partial charge in [0.25, 0.3) is 0 Å². The summed E-state index contributed by atoms with van der Waals surface area (Å²) < 4.78 is 0. The number of hydrogen-bond donors (Lipinski definition) is 0. The van der Waals surface area contributed by atoms with Gasteiger partial charge >= 0.3 is 0 Å². The molecule has 0 fully saturated rings. The first-order valence-corrected chi connectivity index (χ1v) is 6.09. The Balaban J connectivity index is 2.14. The van der Waals surface area contributed by atoms with Gasteiger partial charge < -0.3 is 0 Å². The zero-order valence-corrected chi connectivity index (χ0v) is 10.7. The number of ketones is 1. The van der Waals surface area contributed by atoms with Crippen LogP contribution < -0.4 is 0 Å². The van der Waals surface area contributed by atoms with Gasteiger partial charge in [0.15, 0.2) is 5.78 Å². The first-order chi connectivity index (χ1) is 9.74. The summed E-state index contributed by atoms with van der Waals surface area (Å²) in [6, 6.07) is 16.9. The van der Waals surface area contributed by atoms with Crippen LogP contribution in [0.25, 0.3) is 11.1 Å². The fourth-order valence-electron chi connectivity index (χ4n) is 1.84. The van der Waals surface area contributed by atoms with Crippen LogP contribution in [0.5, 0.6) is 0 Å². The number of hydrogen-bond acceptors (Lipinski definition) is 3. The van der Waals surface area contributed by atoms with Crippen LogP contribution in [0.1, 0.15) is 10.4 Å². The minimum atomic E-state index is -0.274. The largest absolute Gasteiger partial charge is 0.292 e. The molecule has 0 N–H and O–H groups in total. The summed E-state index contributed by atoms with van der Waals surface area (Å²) in [5.74, 6) is -0.274. The van der Waals surface area contributed by atoms with Crippen molar-refractivity contribution in [2.45, 2.75) is 0 Å². The van der Waals surface area contributed by atoms with Crippen LogP contribution >= 0.6 is 0 Å². The Morgan fingerprint density at radius 1 is 0.850 bits per heavy atom. The molecule has 0 saturated carbocycles. The zero-order valence-electron chi connectivity index (χ0n) is 10.7. The Bertz CT molecular complexity index is 597. The SMILES string of the molecule is O=CN(C=O)CC(=O)c1ccc(-c2ccccc2)cc1. The van der Waals surface area contributed by atoms with Crippen LogP contribution in [0.2, 0.25) is 0 Å². The fraction of sp³-hybridized carbons (Fsp3) is 0.0625. The van der Waals surface area contributed by atoms with E-state index >= 15 is 0 Å². The predicted molar refractivity (Wildman–Crippen MR) is 75.0 cm³/mol. The first-order valence-electron chi connectivity index (χ1n) is 6.09. The summed E-state index contributed by atoms with van der Waals surface area (Å²) in [6.45, 7) is -0.238. The second kappa shape index (κ2) is 6.43. The third kappa shape index (κ3) is 3.17. The Labute approximate surface area is 116 Å². The minimum absolute atomic E-state index is 0.238. The molecule has 0 radical (unpaired) electrons. The smallest absolute Gasteiger partial charge is 0.216 e. The van der Waals surface area contributed by atoms with Gasteiger partial charge in [0, 0.05) is 5.56 Å². The molecule has 100 valence electrons. The van der Waals surface area contributed by atoms with Crippen LogP contribution in [0, 0.1) is 0 Å². The molecule has 0 spiro atoms. The molecule has 0 aliphatic rings. The maximum Gasteiger partial charge on any atom is 0.216 e. The molecule has 4 nitrogen and oxygen atoms in total. The van der Waals surface area contributed by atoms with E-state index < -0.39 is 0 Å². The molecule has 0 aromatic heterocycles. The highest BCUT2D eigenvalue weighted by Gasteiger charge is 2.10. The number of Topliss-reactive ketones (excluding diaryl/α,β-unsaturated/α-hetero) is 1. The number of carbonyl (C=O) groups is 3. The van der Waals surface area contributed by atoms with Gasteiger partial charge in [-0.1, -0.05) is 54.6 Å². The van der Waals surface area contributed by atoms with Crippen molar-refractivity contribution in [3.63, 3.8) is 0 Å². The van der Waals surface area contributed by atoms with Gasteiger partial charge in [-0.2, -0.15) is 0 Å². The third-order valence-corrected chi connectivity index (χ3v) is 2.91. The monoisotopic (exact) mass is 267 g/mol. The van der Waals surface area contributed by atoms with Crippen LogP contribution in [0.3, 0.4) is 0 Å². The highest BCUT2D eigenvalue weighted by Crippen LogP contribution is 2.19. The van der Waals surface area contributed by atoms with Gasteiger partial charge in [0.05, 0.1) is 6.54 Å². The molecular formula is C16H13NO3. The van der Waals surface area contributed by atoms with Crippen molar-refractivity contribution < 1.29 is 14.4 Å². The van der Waals surface area contributed by atoms with Crippen molar-refractivity contribution in [2.24, 2.45) is 0 Å². The highest BCUT2D eigenvalue weighted by atomic mass is 16.2. The van der Waals surface area contributed by atoms with Crippen LogP contribution in [0.4, 0.5) is 0 Å². The summed E-state index contributed by atoms with van der Waals surface area (Å²) in [7, 11) is 0. The lowest BCUT2D eigenvalue weighted by atomic mass is 10.0. The normalized spacial score (nSPS) is 9.80. The molecule has 0 atom stereocenters. The van der Waals surface area contributed by atoms with E-state index in [-0.39, 0.29) is 12.3 Å². The Hall–Kier alpha value is -2.75. The highest BCUT2D eigenvalue weighted by molar-refractivity contribution is 6.00. The van der Waals surface area contributed by atoms with Crippen molar-refractivity contribution >= 4 is 18.6 Å². The molecule has 2 aromatic carbocycles. The van der Waals surface area contributed by atoms with E-state index in [1.807, 2.05) is 42.5 Å². The van der Waals surface area contributed by atoms with Crippen LogP contribution in [0.15, 0.2) is 54.6 Å². The summed E-state index contributed by atoms with van der Waals surface area (Å²) in [5.41, 5.74) is 2.54. The molecule has 0 heterocycles. The quantitative estimate of drug-likeness (QED) is 0.595. The molecule has 2 aromatic rings. The average Bonchev–Trinajstić information content (AvgIpc) is 2.53. The molecule has 0 aliphatic heterocycles. The minimum Gasteiger partial charge on any atom is -0.292 e. The first kappa shape index (κ1) is 13.7. The van der Waals surface area contributed by atoms with E-state index in [9.17, 15) is 14.4 Å². The number of rotatable bonds is 6. The van der Waals surface area contributed by atoms with Gasteiger partial charge in [0.2, 0.25) is 12.8 Å². The summed E-state index contributed by atoms with van der Waals surface area (Å²) in [4.78, 5) is 33.6. The molecule has 2 rings (SSSR count). The number of nitrogens with zero attached hydrogens (tertiary/aromatic N) is 1. The van der Waals surface area contributed by atoms with Gasteiger partial charge in [-0.3, -0.25) is 19.3 Å². The lowest BCUT2D eigenvalue weighted by molar-refractivity contribution is -0.128. The van der Waals surface area contributed by atoms with Crippen molar-refractivity contribution in [2.75, 3.05) is 6.54 Å². The van der Waals surface area contributed by atoms with Crippen molar-refractivity contribution in [3.8, 4) is 11.1 Å². The van der Waals surface area contributed by atoms with Gasteiger partial charge in [0.1, 0.15) is 0 Å². The molecule has 20 heavy (non-hydrogen) atoms. The lowest BCUT2D eigenvalue weighted by Crippen LogP contribution is -2.27. The van der Waals surface area contributed by atoms with E-state index in [1.54, 1.807) is 12.1 Å². The molecule has 0 bridgehead atoms. The standard InChI is InChI=1S/C16H13NO3/c18-11-17(12-19)10-16(20)15-8-6-14(7-9-15)13-4-2-1-3-5-13/h1-9,11-12H,10H2. The Morgan fingerprint density at radius 2 is 1.40 bits per heavy atom. The Morgan fingerprint density at radius 3 is 1.95 bits per heavy atom. The van der Waals surface area contributed by atoms with Crippen molar-refractivity contribution in [3.05, 3.63) is 60.2 Å². The van der Waals surface area contributed by atoms with E-state index in [0.29, 0.717) is 18.4 Å². The predicted octanol–water partition coefficient (Wildman–Crippen LogP) is 2.15. The molecule has 0 unspecified atom stereocenters. The van der Waals surface area contributed by atoms with E-state index in [4.69, 9.17) is 0 Å². The van der Waals surface area contributed by atoms with E-state index in [2.05, 4.69) is 0 Å². The third-order valence-electron chi connectivity index (χ3n) is 2.91. The van der Waals surface area contributed by atoms with Crippen molar-refractivity contribution in [1.82, 2.24) is 4.90 Å². The lowest BCUT2D eigenvalue weighted by Gasteiger charge is -2.08. The molecule has 4 heteroatoms. The van der Waals surface area contributed by atoms with E-state index in [0.717, 1.165) is 16.0 Å². The van der Waals surface area contributed by atoms with Gasteiger partial charge in [-0.25, -0.2) is 0 Å². The van der Waals surface area contributed by atoms with Crippen LogP contribution in [-0.2, 0) is 9.59 Å². The summed E-state index contributed by atoms with van der Waals surface area (Å²) in [6.07, 6.45) is 0.673. The topological polar surface area (TPSA) is 54.5 Å². The second-order valence-electron chi connectivity index (χ2n) is 4.25. The number of imide groups is 1. The van der Waals surface area contributed by atoms with E-state index in [1.165, 1.54) is 0 Å². The molecule has 0 saturated heterocycles. The maximum absolute atomic E-state index is 11.9.